The number of ether oxygens (including phenoxy) is 1. The number of hydrogen-bond acceptors (Lipinski definition) is 6. The second-order valence-corrected chi connectivity index (χ2v) is 0.982. The monoisotopic (exact) mass is 324 g/mol. The van der Waals surface area contributed by atoms with Crippen LogP contribution in [0.3, 0.4) is 0 Å². The molecule has 0 aromatic carbocycles. The molecular weight excluding hydrogens is 319 g/mol. The Labute approximate surface area is 115 Å². The molecule has 0 saturated carbocycles. The first-order valence-corrected chi connectivity index (χ1v) is 2.80. The van der Waals surface area contributed by atoms with Crippen LogP contribution in [0.1, 0.15) is 0 Å². The van der Waals surface area contributed by atoms with Crippen molar-refractivity contribution in [2.45, 2.75) is 0 Å². The molecule has 0 unspecified atom stereocenters. The van der Waals surface area contributed by atoms with Crippen molar-refractivity contribution >= 4 is 31.9 Å². The third-order valence-corrected chi connectivity index (χ3v) is 0.309. The van der Waals surface area contributed by atoms with Crippen molar-refractivity contribution in [3.8, 4) is 0 Å². The van der Waals surface area contributed by atoms with Crippen molar-refractivity contribution in [1.82, 2.24) is 0 Å². The van der Waals surface area contributed by atoms with Crippen LogP contribution in [0.5, 0.6) is 0 Å². The Morgan fingerprint density at radius 1 is 1.00 bits per heavy atom. The summed E-state index contributed by atoms with van der Waals surface area (Å²) in [5, 5.41) is 20.3. The molecule has 92 valence electrons. The fraction of sp³-hybridized carbons (Fsp3) is 0. The molecule has 0 aliphatic carbocycles. The fourth-order valence-electron chi connectivity index (χ4n) is 0.0827. The molecule has 3 N–H and O–H groups in total. The smallest absolute Gasteiger partial charge is 0.665 e. The minimum Gasteiger partial charge on any atom is -0.665 e. The largest absolute Gasteiger partial charge is 4.00 e. The van der Waals surface area contributed by atoms with Crippen LogP contribution in [0.25, 0.3) is 0 Å². The average Bonchev–Trinajstić information content (AvgIpc) is 2.21. The van der Waals surface area contributed by atoms with Gasteiger partial charge in [0, 0.05) is 0 Å². The number of carbonyl (C=O) groups excluding carboxylic acids is 2. The van der Waals surface area contributed by atoms with Gasteiger partial charge in [-0.25, -0.2) is 0 Å². The van der Waals surface area contributed by atoms with Crippen LogP contribution in [0.4, 0.5) is 0 Å². The molecule has 9 nitrogen and oxygen atoms in total. The molecule has 0 heterocycles. The second kappa shape index (κ2) is 47.8. The third-order valence-electron chi connectivity index (χ3n) is 0.309. The summed E-state index contributed by atoms with van der Waals surface area (Å²) in [5.41, 5.74) is 0. The van der Waals surface area contributed by atoms with Gasteiger partial charge in [-0.3, -0.25) is 0 Å². The van der Waals surface area contributed by atoms with Crippen LogP contribution in [-0.2, 0) is 54.9 Å². The van der Waals surface area contributed by atoms with E-state index in [1.807, 2.05) is 0 Å². The minimum absolute atomic E-state index is 0. The molecule has 0 atom stereocenters. The van der Waals surface area contributed by atoms with Crippen LogP contribution < -0.4 is 0 Å². The molecule has 0 aliphatic heterocycles. The number of esters is 1. The standard InChI is InChI=1S/C4H3O3.3CHO2.Zr/c1-2-4(6)7-3-5;3*2-1-3;/h2H,1H2;3*(H,2,3);/q4*-1;+4. The maximum absolute atomic E-state index is 9.81. The van der Waals surface area contributed by atoms with Crippen molar-refractivity contribution in [3.63, 3.8) is 0 Å². The Balaban J connectivity index is -0.0000000411. The van der Waals surface area contributed by atoms with Gasteiger partial charge in [0.2, 0.25) is 0 Å². The van der Waals surface area contributed by atoms with Crippen molar-refractivity contribution in [2.75, 3.05) is 0 Å². The van der Waals surface area contributed by atoms with E-state index in [1.54, 1.807) is 0 Å². The quantitative estimate of drug-likeness (QED) is 0.241. The summed E-state index contributed by atoms with van der Waals surface area (Å²) in [6, 6.07) is 0. The molecular formula is C7H6O9Zr. The van der Waals surface area contributed by atoms with E-state index in [0.717, 1.165) is 12.5 Å². The van der Waals surface area contributed by atoms with Gasteiger partial charge in [-0.15, -0.1) is 6.58 Å². The van der Waals surface area contributed by atoms with Gasteiger partial charge in [0.25, 0.3) is 0 Å². The van der Waals surface area contributed by atoms with Crippen LogP contribution >= 0.6 is 0 Å². The number of aliphatic hydroxyl groups excluding tert-OH is 3. The molecule has 0 fully saturated rings. The first-order chi connectivity index (χ1) is 7.55. The van der Waals surface area contributed by atoms with E-state index in [1.165, 1.54) is 0 Å². The first-order valence-electron chi connectivity index (χ1n) is 2.80. The molecule has 0 aromatic rings. The molecule has 0 aromatic heterocycles. The van der Waals surface area contributed by atoms with Crippen LogP contribution in [0.15, 0.2) is 12.7 Å². The van der Waals surface area contributed by atoms with E-state index >= 15 is 0 Å². The predicted molar refractivity (Wildman–Crippen MR) is 46.9 cm³/mol. The maximum atomic E-state index is 9.81. The zero-order chi connectivity index (χ0) is 13.8. The van der Waals surface area contributed by atoms with Gasteiger partial charge in [0.1, 0.15) is 0 Å². The van der Waals surface area contributed by atoms with Crippen molar-refractivity contribution in [1.29, 1.82) is 0 Å². The second-order valence-electron chi connectivity index (χ2n) is 0.982. The summed E-state index contributed by atoms with van der Waals surface area (Å²) in [5.74, 6) is -0.782. The van der Waals surface area contributed by atoms with Gasteiger partial charge in [-0.2, -0.15) is 0 Å². The van der Waals surface area contributed by atoms with Crippen molar-refractivity contribution in [2.24, 2.45) is 0 Å². The summed E-state index contributed by atoms with van der Waals surface area (Å²) in [6.07, 6.45) is 0.880. The van der Waals surface area contributed by atoms with Gasteiger partial charge < -0.3 is 44.0 Å². The van der Waals surface area contributed by atoms with Crippen molar-refractivity contribution in [3.05, 3.63) is 12.7 Å². The van der Waals surface area contributed by atoms with Crippen LogP contribution in [0.2, 0.25) is 0 Å². The first kappa shape index (κ1) is 29.5. The molecule has 0 radical (unpaired) electrons. The van der Waals surface area contributed by atoms with E-state index in [0.29, 0.717) is 19.4 Å². The van der Waals surface area contributed by atoms with Gasteiger partial charge in [0.05, 0.1) is 0 Å². The van der Waals surface area contributed by atoms with Gasteiger partial charge in [0.15, 0.2) is 12.4 Å². The molecule has 10 heteroatoms. The van der Waals surface area contributed by atoms with E-state index < -0.39 is 5.97 Å². The normalized spacial score (nSPS) is 4.94. The van der Waals surface area contributed by atoms with E-state index in [9.17, 15) is 4.79 Å². The zero-order valence-electron chi connectivity index (χ0n) is 8.08. The molecule has 0 saturated heterocycles. The van der Waals surface area contributed by atoms with Crippen LogP contribution in [-0.4, -0.2) is 47.2 Å². The van der Waals surface area contributed by atoms with E-state index in [-0.39, 0.29) is 26.2 Å². The van der Waals surface area contributed by atoms with Gasteiger partial charge in [-0.1, -0.05) is 25.5 Å². The Morgan fingerprint density at radius 3 is 1.29 bits per heavy atom. The summed E-state index contributed by atoms with van der Waals surface area (Å²) in [4.78, 5) is 43.7. The van der Waals surface area contributed by atoms with E-state index in [2.05, 4.69) is 11.3 Å². The molecule has 0 amide bonds. The maximum Gasteiger partial charge on any atom is 4.00 e. The SMILES string of the molecule is C=CC(=O)O[C-]=O.O=[C-]O.O=[C-]O.O=[C-]O.[Zr+4]. The minimum atomic E-state index is -0.782. The molecule has 17 heavy (non-hydrogen) atoms. The Hall–Kier alpha value is -1.83. The van der Waals surface area contributed by atoms with Gasteiger partial charge >= 0.3 is 26.2 Å². The number of carbonyl (C=O) groups is 1. The number of rotatable bonds is 2. The Morgan fingerprint density at radius 2 is 1.24 bits per heavy atom. The molecule has 0 aliphatic rings. The summed E-state index contributed by atoms with van der Waals surface area (Å²) >= 11 is 0. The molecule has 0 bridgehead atoms. The molecule has 0 spiro atoms. The topological polar surface area (TPSA) is 155 Å². The zero-order valence-corrected chi connectivity index (χ0v) is 10.5. The predicted octanol–water partition coefficient (Wildman–Crippen LogP) is -1.38. The Bertz CT molecular complexity index is 189. The Kier molecular flexibility index (Phi) is 82.8. The molecule has 0 rings (SSSR count). The van der Waals surface area contributed by atoms with Gasteiger partial charge in [-0.05, 0) is 0 Å². The summed E-state index contributed by atoms with van der Waals surface area (Å²) in [6.45, 7) is 5.47. The fourth-order valence-corrected chi connectivity index (χ4v) is 0.0827. The van der Waals surface area contributed by atoms with Crippen LogP contribution in [0, 0.1) is 0 Å². The summed E-state index contributed by atoms with van der Waals surface area (Å²) in [7, 11) is 0. The third kappa shape index (κ3) is 209. The average molecular weight is 325 g/mol. The van der Waals surface area contributed by atoms with E-state index in [4.69, 9.17) is 34.5 Å². The van der Waals surface area contributed by atoms with Crippen molar-refractivity contribution < 1.29 is 70.2 Å². The summed E-state index contributed by atoms with van der Waals surface area (Å²) < 4.78 is 3.63. The number of hydrogen-bond donors (Lipinski definition) is 3.